The van der Waals surface area contributed by atoms with Gasteiger partial charge in [0.15, 0.2) is 17.4 Å². The number of aliphatic hydroxyl groups is 3. The predicted octanol–water partition coefficient (Wildman–Crippen LogP) is -0.516. The van der Waals surface area contributed by atoms with Crippen LogP contribution in [-0.2, 0) is 4.74 Å². The van der Waals surface area contributed by atoms with Gasteiger partial charge in [-0.15, -0.1) is 0 Å². The smallest absolute Gasteiger partial charge is 0.280 e. The third-order valence-corrected chi connectivity index (χ3v) is 4.59. The van der Waals surface area contributed by atoms with E-state index in [9.17, 15) is 20.1 Å². The third-order valence-electron chi connectivity index (χ3n) is 4.59. The SMILES string of the molecule is Nc1nc2c(nc(/C=C/c3ccccc3)n2[C@@H]2O[C@H](CO)[C@@H](O)[C@H]2O)c(=O)[nH]1. The van der Waals surface area contributed by atoms with Crippen molar-refractivity contribution in [3.63, 3.8) is 0 Å². The maximum absolute atomic E-state index is 12.3. The number of aromatic amines is 1. The molecule has 3 aromatic rings. The Labute approximate surface area is 158 Å². The third kappa shape index (κ3) is 3.08. The van der Waals surface area contributed by atoms with Gasteiger partial charge in [0.25, 0.3) is 5.56 Å². The van der Waals surface area contributed by atoms with Gasteiger partial charge < -0.3 is 25.8 Å². The summed E-state index contributed by atoms with van der Waals surface area (Å²) in [5, 5.41) is 29.9. The molecule has 1 aliphatic heterocycles. The summed E-state index contributed by atoms with van der Waals surface area (Å²) in [5.41, 5.74) is 6.13. The summed E-state index contributed by atoms with van der Waals surface area (Å²) in [5.74, 6) is 0.154. The van der Waals surface area contributed by atoms with Crippen LogP contribution in [0.25, 0.3) is 23.3 Å². The largest absolute Gasteiger partial charge is 0.394 e. The van der Waals surface area contributed by atoms with Gasteiger partial charge in [-0.3, -0.25) is 14.3 Å². The van der Waals surface area contributed by atoms with Gasteiger partial charge in [0, 0.05) is 0 Å². The molecule has 0 radical (unpaired) electrons. The minimum Gasteiger partial charge on any atom is -0.394 e. The van der Waals surface area contributed by atoms with E-state index < -0.39 is 36.7 Å². The number of hydrogen-bond donors (Lipinski definition) is 5. The topological polar surface area (TPSA) is 160 Å². The van der Waals surface area contributed by atoms with Crippen LogP contribution in [0.2, 0.25) is 0 Å². The number of nitrogens with two attached hydrogens (primary N) is 1. The van der Waals surface area contributed by atoms with Crippen LogP contribution in [0, 0.1) is 0 Å². The molecule has 2 aromatic heterocycles. The maximum atomic E-state index is 12.3. The summed E-state index contributed by atoms with van der Waals surface area (Å²) in [4.78, 5) is 23.1. The first-order valence-electron chi connectivity index (χ1n) is 8.63. The number of aromatic nitrogens is 4. The Morgan fingerprint density at radius 3 is 2.61 bits per heavy atom. The number of ether oxygens (including phenoxy) is 1. The zero-order chi connectivity index (χ0) is 19.8. The standard InChI is InChI=1S/C18H19N5O5/c19-18-21-15-12(16(27)22-18)20-11(7-6-9-4-2-1-3-5-9)23(15)17-14(26)13(25)10(8-24)28-17/h1-7,10,13-14,17,24-26H,8H2,(H3,19,21,22,27)/b7-6+/t10-,13-,14-,17-/m1/s1. The summed E-state index contributed by atoms with van der Waals surface area (Å²) < 4.78 is 7.00. The van der Waals surface area contributed by atoms with Gasteiger partial charge in [-0.25, -0.2) is 4.98 Å². The number of nitrogen functional groups attached to an aromatic ring is 1. The Balaban J connectivity index is 1.87. The minimum absolute atomic E-state index is 0.0136. The molecule has 4 atom stereocenters. The van der Waals surface area contributed by atoms with E-state index in [2.05, 4.69) is 15.0 Å². The van der Waals surface area contributed by atoms with Gasteiger partial charge in [0.05, 0.1) is 6.61 Å². The molecule has 1 saturated heterocycles. The van der Waals surface area contributed by atoms with E-state index in [1.807, 2.05) is 30.3 Å². The van der Waals surface area contributed by atoms with Crippen molar-refractivity contribution in [2.75, 3.05) is 12.3 Å². The molecule has 6 N–H and O–H groups in total. The molecule has 0 bridgehead atoms. The number of anilines is 1. The molecule has 10 heteroatoms. The van der Waals surface area contributed by atoms with Gasteiger partial charge in [-0.1, -0.05) is 36.4 Å². The second-order valence-electron chi connectivity index (χ2n) is 6.44. The molecule has 1 aliphatic rings. The number of H-pyrrole nitrogens is 1. The Hall–Kier alpha value is -3.05. The second-order valence-corrected chi connectivity index (χ2v) is 6.44. The number of benzene rings is 1. The Kier molecular flexibility index (Phi) is 4.69. The van der Waals surface area contributed by atoms with Crippen LogP contribution in [-0.4, -0.2) is 59.8 Å². The van der Waals surface area contributed by atoms with Gasteiger partial charge in [-0.2, -0.15) is 4.98 Å². The molecule has 3 heterocycles. The van der Waals surface area contributed by atoms with E-state index >= 15 is 0 Å². The van der Waals surface area contributed by atoms with Crippen molar-refractivity contribution in [2.24, 2.45) is 0 Å². The van der Waals surface area contributed by atoms with Crippen LogP contribution in [0.15, 0.2) is 35.1 Å². The van der Waals surface area contributed by atoms with Crippen molar-refractivity contribution in [2.45, 2.75) is 24.5 Å². The van der Waals surface area contributed by atoms with Gasteiger partial charge in [-0.05, 0) is 11.6 Å². The molecule has 1 aromatic carbocycles. The number of fused-ring (bicyclic) bond motifs is 1. The predicted molar refractivity (Wildman–Crippen MR) is 101 cm³/mol. The molecule has 0 spiro atoms. The molecular weight excluding hydrogens is 366 g/mol. The van der Waals surface area contributed by atoms with E-state index in [1.165, 1.54) is 4.57 Å². The van der Waals surface area contributed by atoms with E-state index in [-0.39, 0.29) is 22.9 Å². The zero-order valence-electron chi connectivity index (χ0n) is 14.6. The number of hydrogen-bond acceptors (Lipinski definition) is 8. The molecular formula is C18H19N5O5. The first-order valence-corrected chi connectivity index (χ1v) is 8.63. The number of aliphatic hydroxyl groups excluding tert-OH is 3. The number of nitrogens with zero attached hydrogens (tertiary/aromatic N) is 3. The zero-order valence-corrected chi connectivity index (χ0v) is 14.6. The fraction of sp³-hybridized carbons (Fsp3) is 0.278. The first-order chi connectivity index (χ1) is 13.5. The van der Waals surface area contributed by atoms with Gasteiger partial charge in [0.2, 0.25) is 5.95 Å². The lowest BCUT2D eigenvalue weighted by Crippen LogP contribution is -2.33. The minimum atomic E-state index is -1.36. The van der Waals surface area contributed by atoms with E-state index in [1.54, 1.807) is 12.2 Å². The Morgan fingerprint density at radius 1 is 1.18 bits per heavy atom. The number of imidazole rings is 1. The van der Waals surface area contributed by atoms with Gasteiger partial charge in [0.1, 0.15) is 24.1 Å². The van der Waals surface area contributed by atoms with Crippen molar-refractivity contribution in [1.82, 2.24) is 19.5 Å². The van der Waals surface area contributed by atoms with Crippen molar-refractivity contribution in [3.05, 3.63) is 52.1 Å². The normalized spacial score (nSPS) is 25.1. The lowest BCUT2D eigenvalue weighted by Gasteiger charge is -2.18. The van der Waals surface area contributed by atoms with Crippen molar-refractivity contribution < 1.29 is 20.1 Å². The lowest BCUT2D eigenvalue weighted by molar-refractivity contribution is -0.0513. The van der Waals surface area contributed by atoms with Crippen molar-refractivity contribution in [1.29, 1.82) is 0 Å². The van der Waals surface area contributed by atoms with Crippen LogP contribution in [0.3, 0.4) is 0 Å². The van der Waals surface area contributed by atoms with Crippen molar-refractivity contribution in [3.8, 4) is 0 Å². The first kappa shape index (κ1) is 18.3. The van der Waals surface area contributed by atoms with E-state index in [0.717, 1.165) is 5.56 Å². The maximum Gasteiger partial charge on any atom is 0.280 e. The molecule has 1 fully saturated rings. The summed E-state index contributed by atoms with van der Waals surface area (Å²) in [6, 6.07) is 9.42. The van der Waals surface area contributed by atoms with E-state index in [0.29, 0.717) is 0 Å². The van der Waals surface area contributed by atoms with Crippen LogP contribution >= 0.6 is 0 Å². The molecule has 4 rings (SSSR count). The highest BCUT2D eigenvalue weighted by Crippen LogP contribution is 2.32. The second kappa shape index (κ2) is 7.17. The molecule has 0 unspecified atom stereocenters. The van der Waals surface area contributed by atoms with Gasteiger partial charge >= 0.3 is 0 Å². The highest BCUT2D eigenvalue weighted by Gasteiger charge is 2.44. The number of rotatable bonds is 4. The average molecular weight is 385 g/mol. The van der Waals surface area contributed by atoms with Crippen LogP contribution in [0.5, 0.6) is 0 Å². The van der Waals surface area contributed by atoms with Crippen LogP contribution in [0.4, 0.5) is 5.95 Å². The van der Waals surface area contributed by atoms with Crippen molar-refractivity contribution >= 4 is 29.3 Å². The summed E-state index contributed by atoms with van der Waals surface area (Å²) in [7, 11) is 0. The fourth-order valence-corrected chi connectivity index (χ4v) is 3.21. The highest BCUT2D eigenvalue weighted by atomic mass is 16.6. The molecule has 10 nitrogen and oxygen atoms in total. The number of nitrogens with one attached hydrogen (secondary N) is 1. The average Bonchev–Trinajstić information content (AvgIpc) is 3.18. The van der Waals surface area contributed by atoms with E-state index in [4.69, 9.17) is 10.5 Å². The molecule has 0 aliphatic carbocycles. The Morgan fingerprint density at radius 2 is 1.93 bits per heavy atom. The lowest BCUT2D eigenvalue weighted by atomic mass is 10.1. The van der Waals surface area contributed by atoms with Crippen LogP contribution in [0.1, 0.15) is 17.6 Å². The molecule has 146 valence electrons. The molecule has 28 heavy (non-hydrogen) atoms. The molecule has 0 amide bonds. The highest BCUT2D eigenvalue weighted by molar-refractivity contribution is 5.77. The van der Waals surface area contributed by atoms with Crippen LogP contribution < -0.4 is 11.3 Å². The summed E-state index contributed by atoms with van der Waals surface area (Å²) in [6.07, 6.45) is -1.35. The fourth-order valence-electron chi connectivity index (χ4n) is 3.21. The molecule has 0 saturated carbocycles. The summed E-state index contributed by atoms with van der Waals surface area (Å²) >= 11 is 0. The Bertz CT molecular complexity index is 1080. The summed E-state index contributed by atoms with van der Waals surface area (Å²) in [6.45, 7) is -0.479. The quantitative estimate of drug-likeness (QED) is 0.401. The monoisotopic (exact) mass is 385 g/mol.